The summed E-state index contributed by atoms with van der Waals surface area (Å²) in [5.41, 5.74) is 2.42. The molecule has 1 aliphatic rings. The second kappa shape index (κ2) is 8.39. The summed E-state index contributed by atoms with van der Waals surface area (Å²) in [6.45, 7) is 8.53. The molecule has 0 spiro atoms. The number of piperazine rings is 1. The van der Waals surface area contributed by atoms with Gasteiger partial charge in [-0.2, -0.15) is 0 Å². The van der Waals surface area contributed by atoms with Crippen LogP contribution in [-0.2, 0) is 13.0 Å². The van der Waals surface area contributed by atoms with E-state index in [9.17, 15) is 0 Å². The number of hydrogen-bond donors (Lipinski definition) is 1. The fourth-order valence-corrected chi connectivity index (χ4v) is 3.52. The first-order valence-corrected chi connectivity index (χ1v) is 9.36. The number of aromatic amines is 1. The molecule has 5 nitrogen and oxygen atoms in total. The van der Waals surface area contributed by atoms with Crippen LogP contribution in [0.25, 0.3) is 0 Å². The van der Waals surface area contributed by atoms with Gasteiger partial charge in [0.05, 0.1) is 12.8 Å². The highest BCUT2D eigenvalue weighted by molar-refractivity contribution is 5.58. The van der Waals surface area contributed by atoms with Crippen molar-refractivity contribution in [2.75, 3.05) is 31.6 Å². The first-order chi connectivity index (χ1) is 12.2. The van der Waals surface area contributed by atoms with Gasteiger partial charge in [0.2, 0.25) is 0 Å². The van der Waals surface area contributed by atoms with Gasteiger partial charge in [0.1, 0.15) is 11.6 Å². The molecule has 1 aromatic heterocycles. The van der Waals surface area contributed by atoms with E-state index in [4.69, 9.17) is 4.74 Å². The van der Waals surface area contributed by atoms with Crippen LogP contribution in [0.4, 0.5) is 5.69 Å². The van der Waals surface area contributed by atoms with Gasteiger partial charge in [-0.05, 0) is 25.5 Å². The van der Waals surface area contributed by atoms with E-state index in [0.717, 1.165) is 44.2 Å². The third kappa shape index (κ3) is 4.34. The fourth-order valence-electron chi connectivity index (χ4n) is 3.52. The van der Waals surface area contributed by atoms with Crippen molar-refractivity contribution in [1.29, 1.82) is 0 Å². The number of unbranched alkanes of at least 4 members (excludes halogenated alkanes) is 1. The Kier molecular flexibility index (Phi) is 5.97. The van der Waals surface area contributed by atoms with Crippen LogP contribution in [0, 0.1) is 0 Å². The zero-order valence-corrected chi connectivity index (χ0v) is 15.7. The standard InChI is InChI=1S/C20H30N4O/c1-4-5-10-20-21-13-17(22-20)15-23-11-12-24(14-16(23)2)18-8-6-7-9-19(18)25-3/h6-9,13,16H,4-5,10-12,14-15H2,1-3H3,(H,21,22). The molecule has 0 bridgehead atoms. The number of ether oxygens (including phenoxy) is 1. The molecule has 1 fully saturated rings. The monoisotopic (exact) mass is 342 g/mol. The Morgan fingerprint density at radius 3 is 2.88 bits per heavy atom. The van der Waals surface area contributed by atoms with Crippen LogP contribution < -0.4 is 9.64 Å². The average molecular weight is 342 g/mol. The highest BCUT2D eigenvalue weighted by atomic mass is 16.5. The summed E-state index contributed by atoms with van der Waals surface area (Å²) < 4.78 is 5.52. The van der Waals surface area contributed by atoms with Gasteiger partial charge in [0, 0.05) is 50.5 Å². The molecule has 0 aliphatic carbocycles. The molecule has 0 amide bonds. The maximum atomic E-state index is 5.52. The molecule has 0 radical (unpaired) electrons. The molecule has 1 atom stereocenters. The summed E-state index contributed by atoms with van der Waals surface area (Å²) in [5, 5.41) is 0. The van der Waals surface area contributed by atoms with Gasteiger partial charge in [0.25, 0.3) is 0 Å². The van der Waals surface area contributed by atoms with Crippen LogP contribution in [-0.4, -0.2) is 47.7 Å². The number of para-hydroxylation sites is 2. The molecule has 1 aliphatic heterocycles. The summed E-state index contributed by atoms with van der Waals surface area (Å²) in [7, 11) is 1.74. The minimum atomic E-state index is 0.487. The van der Waals surface area contributed by atoms with Gasteiger partial charge in [-0.3, -0.25) is 4.90 Å². The highest BCUT2D eigenvalue weighted by Crippen LogP contribution is 2.29. The largest absolute Gasteiger partial charge is 0.495 e. The Balaban J connectivity index is 1.59. The second-order valence-electron chi connectivity index (χ2n) is 6.90. The normalized spacial score (nSPS) is 18.5. The van der Waals surface area contributed by atoms with Crippen molar-refractivity contribution < 1.29 is 4.74 Å². The van der Waals surface area contributed by atoms with Crippen molar-refractivity contribution in [2.24, 2.45) is 0 Å². The van der Waals surface area contributed by atoms with Crippen molar-refractivity contribution in [3.63, 3.8) is 0 Å². The lowest BCUT2D eigenvalue weighted by atomic mass is 10.1. The number of nitrogens with zero attached hydrogens (tertiary/aromatic N) is 3. The van der Waals surface area contributed by atoms with E-state index >= 15 is 0 Å². The summed E-state index contributed by atoms with van der Waals surface area (Å²) in [6.07, 6.45) is 5.46. The van der Waals surface area contributed by atoms with Gasteiger partial charge < -0.3 is 14.6 Å². The smallest absolute Gasteiger partial charge is 0.142 e. The van der Waals surface area contributed by atoms with E-state index in [1.807, 2.05) is 18.3 Å². The number of hydrogen-bond acceptors (Lipinski definition) is 4. The Hall–Kier alpha value is -2.01. The van der Waals surface area contributed by atoms with Crippen LogP contribution in [0.5, 0.6) is 5.75 Å². The van der Waals surface area contributed by atoms with Gasteiger partial charge in [0.15, 0.2) is 0 Å². The number of methoxy groups -OCH3 is 1. The maximum Gasteiger partial charge on any atom is 0.142 e. The van der Waals surface area contributed by atoms with E-state index in [1.165, 1.54) is 24.2 Å². The Labute approximate surface area is 151 Å². The number of aromatic nitrogens is 2. The maximum absolute atomic E-state index is 5.52. The zero-order chi connectivity index (χ0) is 17.6. The highest BCUT2D eigenvalue weighted by Gasteiger charge is 2.25. The molecule has 0 saturated carbocycles. The van der Waals surface area contributed by atoms with Crippen molar-refractivity contribution in [1.82, 2.24) is 14.9 Å². The number of nitrogens with one attached hydrogen (secondary N) is 1. The quantitative estimate of drug-likeness (QED) is 0.837. The van der Waals surface area contributed by atoms with E-state index in [2.05, 4.69) is 45.7 Å². The zero-order valence-electron chi connectivity index (χ0n) is 15.7. The van der Waals surface area contributed by atoms with Crippen LogP contribution in [0.15, 0.2) is 30.5 Å². The lowest BCUT2D eigenvalue weighted by molar-refractivity contribution is 0.178. The van der Waals surface area contributed by atoms with Crippen LogP contribution in [0.3, 0.4) is 0 Å². The lowest BCUT2D eigenvalue weighted by Gasteiger charge is -2.41. The predicted molar refractivity (Wildman–Crippen MR) is 102 cm³/mol. The molecule has 3 rings (SSSR count). The molecule has 25 heavy (non-hydrogen) atoms. The van der Waals surface area contributed by atoms with E-state index in [-0.39, 0.29) is 0 Å². The summed E-state index contributed by atoms with van der Waals surface area (Å²) in [4.78, 5) is 13.0. The minimum absolute atomic E-state index is 0.487. The average Bonchev–Trinajstić information content (AvgIpc) is 3.09. The van der Waals surface area contributed by atoms with Gasteiger partial charge in [-0.15, -0.1) is 0 Å². The molecule has 1 aromatic carbocycles. The lowest BCUT2D eigenvalue weighted by Crippen LogP contribution is -2.51. The van der Waals surface area contributed by atoms with Crippen LogP contribution in [0.1, 0.15) is 38.2 Å². The molecule has 1 saturated heterocycles. The number of benzene rings is 1. The first-order valence-electron chi connectivity index (χ1n) is 9.36. The van der Waals surface area contributed by atoms with Gasteiger partial charge in [-0.1, -0.05) is 25.5 Å². The summed E-state index contributed by atoms with van der Waals surface area (Å²) >= 11 is 0. The Morgan fingerprint density at radius 1 is 1.28 bits per heavy atom. The van der Waals surface area contributed by atoms with E-state index in [1.54, 1.807) is 7.11 Å². The third-order valence-corrected chi connectivity index (χ3v) is 5.01. The van der Waals surface area contributed by atoms with Crippen molar-refractivity contribution >= 4 is 5.69 Å². The number of rotatable bonds is 7. The molecule has 5 heteroatoms. The van der Waals surface area contributed by atoms with Crippen molar-refractivity contribution in [3.05, 3.63) is 42.0 Å². The number of imidazole rings is 1. The first kappa shape index (κ1) is 17.8. The fraction of sp³-hybridized carbons (Fsp3) is 0.550. The second-order valence-corrected chi connectivity index (χ2v) is 6.90. The topological polar surface area (TPSA) is 44.4 Å². The molecule has 136 valence electrons. The predicted octanol–water partition coefficient (Wildman–Crippen LogP) is 3.47. The van der Waals surface area contributed by atoms with Crippen molar-refractivity contribution in [2.45, 2.75) is 45.7 Å². The summed E-state index contributed by atoms with van der Waals surface area (Å²) in [6, 6.07) is 8.78. The molecule has 2 heterocycles. The SMILES string of the molecule is CCCCc1ncc(CN2CCN(c3ccccc3OC)CC2C)[nH]1. The number of H-pyrrole nitrogens is 1. The van der Waals surface area contributed by atoms with Crippen LogP contribution >= 0.6 is 0 Å². The minimum Gasteiger partial charge on any atom is -0.495 e. The Morgan fingerprint density at radius 2 is 2.12 bits per heavy atom. The van der Waals surface area contributed by atoms with Gasteiger partial charge >= 0.3 is 0 Å². The van der Waals surface area contributed by atoms with Crippen LogP contribution in [0.2, 0.25) is 0 Å². The summed E-state index contributed by atoms with van der Waals surface area (Å²) in [5.74, 6) is 2.08. The number of anilines is 1. The Bertz CT molecular complexity index is 669. The van der Waals surface area contributed by atoms with Crippen molar-refractivity contribution in [3.8, 4) is 5.75 Å². The van der Waals surface area contributed by atoms with Gasteiger partial charge in [-0.25, -0.2) is 4.98 Å². The molecular weight excluding hydrogens is 312 g/mol. The van der Waals surface area contributed by atoms with E-state index < -0.39 is 0 Å². The molecule has 1 N–H and O–H groups in total. The third-order valence-electron chi connectivity index (χ3n) is 5.01. The van der Waals surface area contributed by atoms with E-state index in [0.29, 0.717) is 6.04 Å². The molecule has 1 unspecified atom stereocenters. The molecular formula is C20H30N4O. The number of aryl methyl sites for hydroxylation is 1. The molecule has 2 aromatic rings.